The van der Waals surface area contributed by atoms with E-state index in [2.05, 4.69) is 56.6 Å². The van der Waals surface area contributed by atoms with Crippen molar-refractivity contribution < 1.29 is 4.74 Å². The third-order valence-corrected chi connectivity index (χ3v) is 6.51. The van der Waals surface area contributed by atoms with Gasteiger partial charge in [0.1, 0.15) is 0 Å². The smallest absolute Gasteiger partial charge is 0.213 e. The van der Waals surface area contributed by atoms with Crippen molar-refractivity contribution >= 4 is 38.0 Å². The molecule has 148 valence electrons. The van der Waals surface area contributed by atoms with Gasteiger partial charge in [-0.05, 0) is 42.1 Å². The van der Waals surface area contributed by atoms with Crippen molar-refractivity contribution in [2.75, 3.05) is 44.2 Å². The van der Waals surface area contributed by atoms with Crippen molar-refractivity contribution in [1.82, 2.24) is 9.88 Å². The number of thiophene rings is 1. The summed E-state index contributed by atoms with van der Waals surface area (Å²) in [5, 5.41) is 4.73. The van der Waals surface area contributed by atoms with Crippen LogP contribution in [-0.4, -0.2) is 49.2 Å². The third kappa shape index (κ3) is 4.07. The first-order valence-electron chi connectivity index (χ1n) is 10.3. The second-order valence-electron chi connectivity index (χ2n) is 7.48. The molecule has 0 spiro atoms. The Balaban J connectivity index is 1.09. The number of benzene rings is 2. The third-order valence-electron chi connectivity index (χ3n) is 5.63. The average molecular weight is 404 g/mol. The zero-order chi connectivity index (χ0) is 19.5. The molecule has 1 aliphatic heterocycles. The molecule has 0 N–H and O–H groups in total. The maximum absolute atomic E-state index is 5.89. The minimum absolute atomic E-state index is 0.708. The topological polar surface area (TPSA) is 28.6 Å². The van der Waals surface area contributed by atoms with Crippen LogP contribution < -0.4 is 9.64 Å². The molecule has 0 atom stereocenters. The maximum atomic E-state index is 5.89. The summed E-state index contributed by atoms with van der Waals surface area (Å²) in [6, 6.07) is 21.1. The van der Waals surface area contributed by atoms with E-state index in [4.69, 9.17) is 4.74 Å². The van der Waals surface area contributed by atoms with Gasteiger partial charge in [0.05, 0.1) is 12.1 Å². The monoisotopic (exact) mass is 403 g/mol. The summed E-state index contributed by atoms with van der Waals surface area (Å²) in [5.41, 5.74) is 2.37. The number of nitrogens with zero attached hydrogens (tertiary/aromatic N) is 3. The highest BCUT2D eigenvalue weighted by atomic mass is 32.1. The van der Waals surface area contributed by atoms with Crippen LogP contribution in [0.3, 0.4) is 0 Å². The van der Waals surface area contributed by atoms with Gasteiger partial charge in [-0.1, -0.05) is 24.3 Å². The summed E-state index contributed by atoms with van der Waals surface area (Å²) in [4.78, 5) is 9.65. The van der Waals surface area contributed by atoms with E-state index in [1.165, 1.54) is 15.8 Å². The van der Waals surface area contributed by atoms with Gasteiger partial charge in [-0.15, -0.1) is 11.3 Å². The Hall–Kier alpha value is -2.63. The Morgan fingerprint density at radius 2 is 1.79 bits per heavy atom. The van der Waals surface area contributed by atoms with Gasteiger partial charge in [0.25, 0.3) is 0 Å². The number of piperazine rings is 1. The zero-order valence-corrected chi connectivity index (χ0v) is 17.3. The first kappa shape index (κ1) is 18.4. The van der Waals surface area contributed by atoms with Gasteiger partial charge in [0.2, 0.25) is 5.88 Å². The lowest BCUT2D eigenvalue weighted by molar-refractivity contribution is 0.222. The number of anilines is 1. The molecule has 0 radical (unpaired) electrons. The molecule has 1 aliphatic rings. The van der Waals surface area contributed by atoms with Crippen molar-refractivity contribution in [3.8, 4) is 5.88 Å². The molecular weight excluding hydrogens is 378 g/mol. The van der Waals surface area contributed by atoms with Crippen molar-refractivity contribution in [2.45, 2.75) is 6.42 Å². The summed E-state index contributed by atoms with van der Waals surface area (Å²) in [6.07, 6.45) is 1.02. The highest BCUT2D eigenvalue weighted by molar-refractivity contribution is 7.17. The van der Waals surface area contributed by atoms with E-state index in [9.17, 15) is 0 Å². The predicted molar refractivity (Wildman–Crippen MR) is 122 cm³/mol. The van der Waals surface area contributed by atoms with E-state index in [0.717, 1.165) is 55.9 Å². The number of hydrogen-bond donors (Lipinski definition) is 0. The first-order chi connectivity index (χ1) is 14.4. The molecule has 0 amide bonds. The van der Waals surface area contributed by atoms with Crippen LogP contribution in [0.15, 0.2) is 66.0 Å². The van der Waals surface area contributed by atoms with Crippen LogP contribution in [0, 0.1) is 0 Å². The molecule has 0 bridgehead atoms. The first-order valence-corrected chi connectivity index (χ1v) is 11.2. The number of para-hydroxylation sites is 1. The van der Waals surface area contributed by atoms with Crippen molar-refractivity contribution in [2.24, 2.45) is 0 Å². The van der Waals surface area contributed by atoms with Crippen LogP contribution in [0.5, 0.6) is 5.88 Å². The molecule has 3 heterocycles. The van der Waals surface area contributed by atoms with Gasteiger partial charge in [-0.25, -0.2) is 4.98 Å². The molecule has 0 aliphatic carbocycles. The standard InChI is InChI=1S/C24H25N3OS/c1-2-6-21-19(5-1)9-10-24(25-21)28-17-4-12-26-13-15-27(16-14-26)22-7-3-8-23-20(22)11-18-29-23/h1-3,5-11,18H,4,12-17H2. The molecule has 4 nitrogen and oxygen atoms in total. The fraction of sp³-hybridized carbons (Fsp3) is 0.292. The van der Waals surface area contributed by atoms with Gasteiger partial charge >= 0.3 is 0 Å². The zero-order valence-electron chi connectivity index (χ0n) is 16.5. The lowest BCUT2D eigenvalue weighted by atomic mass is 10.2. The molecule has 29 heavy (non-hydrogen) atoms. The Labute approximate surface area is 175 Å². The Bertz CT molecular complexity index is 1100. The summed E-state index contributed by atoms with van der Waals surface area (Å²) in [5.74, 6) is 0.720. The van der Waals surface area contributed by atoms with E-state index < -0.39 is 0 Å². The number of ether oxygens (including phenoxy) is 1. The highest BCUT2D eigenvalue weighted by Crippen LogP contribution is 2.31. The Morgan fingerprint density at radius 1 is 0.897 bits per heavy atom. The molecule has 0 saturated carbocycles. The van der Waals surface area contributed by atoms with Crippen molar-refractivity contribution in [3.63, 3.8) is 0 Å². The van der Waals surface area contributed by atoms with Crippen LogP contribution >= 0.6 is 11.3 Å². The highest BCUT2D eigenvalue weighted by Gasteiger charge is 2.18. The van der Waals surface area contributed by atoms with Crippen LogP contribution in [0.25, 0.3) is 21.0 Å². The summed E-state index contributed by atoms with van der Waals surface area (Å²) >= 11 is 1.82. The Kier molecular flexibility index (Phi) is 5.33. The number of pyridine rings is 1. The largest absolute Gasteiger partial charge is 0.478 e. The number of aromatic nitrogens is 1. The number of rotatable bonds is 6. The minimum Gasteiger partial charge on any atom is -0.478 e. The minimum atomic E-state index is 0.708. The second kappa shape index (κ2) is 8.39. The van der Waals surface area contributed by atoms with E-state index >= 15 is 0 Å². The molecule has 2 aromatic heterocycles. The maximum Gasteiger partial charge on any atom is 0.213 e. The van der Waals surface area contributed by atoms with Crippen LogP contribution in [0.2, 0.25) is 0 Å². The van der Waals surface area contributed by atoms with Gasteiger partial charge in [0, 0.05) is 59.9 Å². The fourth-order valence-electron chi connectivity index (χ4n) is 4.06. The number of fused-ring (bicyclic) bond motifs is 2. The molecule has 5 heteroatoms. The van der Waals surface area contributed by atoms with Gasteiger partial charge < -0.3 is 9.64 Å². The fourth-order valence-corrected chi connectivity index (χ4v) is 4.87. The lowest BCUT2D eigenvalue weighted by Crippen LogP contribution is -2.46. The summed E-state index contributed by atoms with van der Waals surface area (Å²) in [6.45, 7) is 6.16. The average Bonchev–Trinajstić information content (AvgIpc) is 3.26. The van der Waals surface area contributed by atoms with Crippen LogP contribution in [-0.2, 0) is 0 Å². The van der Waals surface area contributed by atoms with E-state index in [1.54, 1.807) is 0 Å². The van der Waals surface area contributed by atoms with Gasteiger partial charge in [0.15, 0.2) is 0 Å². The van der Waals surface area contributed by atoms with Crippen LogP contribution in [0.4, 0.5) is 5.69 Å². The normalized spacial score (nSPS) is 15.2. The number of hydrogen-bond acceptors (Lipinski definition) is 5. The molecule has 1 saturated heterocycles. The molecule has 2 aromatic carbocycles. The summed E-state index contributed by atoms with van der Waals surface area (Å²) < 4.78 is 7.27. The molecule has 4 aromatic rings. The van der Waals surface area contributed by atoms with Crippen molar-refractivity contribution in [3.05, 3.63) is 66.0 Å². The summed E-state index contributed by atoms with van der Waals surface area (Å²) in [7, 11) is 0. The molecular formula is C24H25N3OS. The molecule has 5 rings (SSSR count). The van der Waals surface area contributed by atoms with Gasteiger partial charge in [-0.3, -0.25) is 4.90 Å². The van der Waals surface area contributed by atoms with Gasteiger partial charge in [-0.2, -0.15) is 0 Å². The Morgan fingerprint density at radius 3 is 2.72 bits per heavy atom. The predicted octanol–water partition coefficient (Wildman–Crippen LogP) is 5.04. The quantitative estimate of drug-likeness (QED) is 0.422. The SMILES string of the molecule is c1ccc2nc(OCCCN3CCN(c4cccc5sccc45)CC3)ccc2c1. The molecule has 1 fully saturated rings. The lowest BCUT2D eigenvalue weighted by Gasteiger charge is -2.36. The van der Waals surface area contributed by atoms with Crippen LogP contribution in [0.1, 0.15) is 6.42 Å². The van der Waals surface area contributed by atoms with E-state index in [-0.39, 0.29) is 0 Å². The van der Waals surface area contributed by atoms with Crippen molar-refractivity contribution in [1.29, 1.82) is 0 Å². The van der Waals surface area contributed by atoms with E-state index in [0.29, 0.717) is 6.61 Å². The van der Waals surface area contributed by atoms with E-state index in [1.807, 2.05) is 35.6 Å². The molecule has 0 unspecified atom stereocenters. The second-order valence-corrected chi connectivity index (χ2v) is 8.43.